The number of anilines is 2. The first-order valence-corrected chi connectivity index (χ1v) is 7.24. The molecule has 3 N–H and O–H groups in total. The molecule has 0 saturated heterocycles. The van der Waals surface area contributed by atoms with Crippen molar-refractivity contribution in [1.82, 2.24) is 4.98 Å². The van der Waals surface area contributed by atoms with Gasteiger partial charge in [-0.05, 0) is 13.0 Å². The van der Waals surface area contributed by atoms with E-state index in [1.165, 1.54) is 12.3 Å². The molecule has 0 amide bonds. The molecule has 7 heteroatoms. The summed E-state index contributed by atoms with van der Waals surface area (Å²) in [5, 5.41) is 2.94. The number of hydrogen-bond donors (Lipinski definition) is 2. The van der Waals surface area contributed by atoms with Gasteiger partial charge in [-0.3, -0.25) is 4.21 Å². The Morgan fingerprint density at radius 1 is 1.61 bits per heavy atom. The van der Waals surface area contributed by atoms with Gasteiger partial charge in [-0.15, -0.1) is 0 Å². The van der Waals surface area contributed by atoms with Crippen LogP contribution in [0.4, 0.5) is 11.5 Å². The van der Waals surface area contributed by atoms with Crippen molar-refractivity contribution in [1.29, 1.82) is 0 Å². The Balaban J connectivity index is 2.78. The van der Waals surface area contributed by atoms with Crippen molar-refractivity contribution in [2.45, 2.75) is 6.92 Å². The van der Waals surface area contributed by atoms with Crippen molar-refractivity contribution in [2.75, 3.05) is 36.2 Å². The molecule has 100 valence electrons. The average Bonchev–Trinajstić information content (AvgIpc) is 2.31. The Labute approximate surface area is 108 Å². The fraction of sp³-hybridized carbons (Fsp3) is 0.455. The lowest BCUT2D eigenvalue weighted by atomic mass is 10.2. The summed E-state index contributed by atoms with van der Waals surface area (Å²) in [5.41, 5.74) is 6.36. The van der Waals surface area contributed by atoms with Crippen LogP contribution >= 0.6 is 0 Å². The highest BCUT2D eigenvalue weighted by Gasteiger charge is 2.14. The van der Waals surface area contributed by atoms with E-state index in [0.717, 1.165) is 0 Å². The highest BCUT2D eigenvalue weighted by Crippen LogP contribution is 2.20. The van der Waals surface area contributed by atoms with Gasteiger partial charge >= 0.3 is 5.97 Å². The molecule has 0 aliphatic carbocycles. The number of ether oxygens (including phenoxy) is 1. The van der Waals surface area contributed by atoms with Gasteiger partial charge in [-0.1, -0.05) is 0 Å². The fourth-order valence-electron chi connectivity index (χ4n) is 1.31. The van der Waals surface area contributed by atoms with Crippen LogP contribution in [0.5, 0.6) is 0 Å². The van der Waals surface area contributed by atoms with Crippen molar-refractivity contribution < 1.29 is 13.7 Å². The molecule has 0 bridgehead atoms. The van der Waals surface area contributed by atoms with Crippen molar-refractivity contribution >= 4 is 28.3 Å². The maximum absolute atomic E-state index is 11.6. The van der Waals surface area contributed by atoms with Gasteiger partial charge in [0.25, 0.3) is 0 Å². The van der Waals surface area contributed by atoms with Gasteiger partial charge in [0.15, 0.2) is 0 Å². The van der Waals surface area contributed by atoms with Crippen LogP contribution < -0.4 is 11.1 Å². The number of aromatic nitrogens is 1. The average molecular weight is 271 g/mol. The number of nitrogens with zero attached hydrogens (tertiary/aromatic N) is 1. The first-order valence-electron chi connectivity index (χ1n) is 5.51. The van der Waals surface area contributed by atoms with Gasteiger partial charge in [0, 0.05) is 35.5 Å². The van der Waals surface area contributed by atoms with Crippen molar-refractivity contribution in [3.63, 3.8) is 0 Å². The number of carbonyl (C=O) groups is 1. The number of carbonyl (C=O) groups excluding carboxylic acids is 1. The van der Waals surface area contributed by atoms with Crippen LogP contribution in [0.1, 0.15) is 17.3 Å². The zero-order valence-electron chi connectivity index (χ0n) is 10.4. The molecule has 0 aliphatic heterocycles. The highest BCUT2D eigenvalue weighted by molar-refractivity contribution is 7.84. The topological polar surface area (TPSA) is 94.3 Å². The third kappa shape index (κ3) is 3.99. The van der Waals surface area contributed by atoms with Gasteiger partial charge in [0.1, 0.15) is 5.82 Å². The Morgan fingerprint density at radius 2 is 2.33 bits per heavy atom. The first kappa shape index (κ1) is 14.4. The molecule has 0 saturated carbocycles. The van der Waals surface area contributed by atoms with E-state index in [9.17, 15) is 9.00 Å². The Kier molecular flexibility index (Phi) is 5.57. The fourth-order valence-corrected chi connectivity index (χ4v) is 1.70. The molecule has 0 spiro atoms. The standard InChI is InChI=1S/C11H17N3O3S/c1-3-17-11(15)8-4-5-13-10(9(8)12)14-6-7-18(2)16/h4-5H,3,6-7,12H2,1-2H3,(H,13,14). The zero-order chi connectivity index (χ0) is 13.5. The zero-order valence-corrected chi connectivity index (χ0v) is 11.3. The van der Waals surface area contributed by atoms with Crippen LogP contribution in [0.25, 0.3) is 0 Å². The second-order valence-corrected chi connectivity index (χ2v) is 5.10. The van der Waals surface area contributed by atoms with Crippen LogP contribution in [0.2, 0.25) is 0 Å². The molecule has 18 heavy (non-hydrogen) atoms. The minimum absolute atomic E-state index is 0.248. The molecule has 0 aromatic carbocycles. The van der Waals surface area contributed by atoms with Crippen molar-refractivity contribution in [3.05, 3.63) is 17.8 Å². The molecule has 0 radical (unpaired) electrons. The molecule has 6 nitrogen and oxygen atoms in total. The van der Waals surface area contributed by atoms with Crippen LogP contribution in [0.3, 0.4) is 0 Å². The molecule has 0 aliphatic rings. The van der Waals surface area contributed by atoms with Gasteiger partial charge in [-0.2, -0.15) is 0 Å². The lowest BCUT2D eigenvalue weighted by Crippen LogP contribution is -2.15. The molecule has 1 rings (SSSR count). The van der Waals surface area contributed by atoms with E-state index in [1.54, 1.807) is 13.2 Å². The summed E-state index contributed by atoms with van der Waals surface area (Å²) < 4.78 is 15.8. The second-order valence-electron chi connectivity index (χ2n) is 3.55. The smallest absolute Gasteiger partial charge is 0.340 e. The van der Waals surface area contributed by atoms with E-state index in [1.807, 2.05) is 0 Å². The Bertz CT molecular complexity index is 451. The quantitative estimate of drug-likeness (QED) is 0.737. The number of pyridine rings is 1. The third-order valence-corrected chi connectivity index (χ3v) is 2.95. The summed E-state index contributed by atoms with van der Waals surface area (Å²) >= 11 is 0. The number of rotatable bonds is 6. The third-order valence-electron chi connectivity index (χ3n) is 2.17. The van der Waals surface area contributed by atoms with Crippen LogP contribution in [0, 0.1) is 0 Å². The largest absolute Gasteiger partial charge is 0.462 e. The lowest BCUT2D eigenvalue weighted by Gasteiger charge is -2.10. The molecule has 1 aromatic rings. The number of nitrogen functional groups attached to an aromatic ring is 1. The van der Waals surface area contributed by atoms with Gasteiger partial charge in [0.2, 0.25) is 0 Å². The van der Waals surface area contributed by atoms with E-state index >= 15 is 0 Å². The number of esters is 1. The minimum atomic E-state index is -0.886. The van der Waals surface area contributed by atoms with Gasteiger partial charge < -0.3 is 15.8 Å². The van der Waals surface area contributed by atoms with Gasteiger partial charge in [-0.25, -0.2) is 9.78 Å². The maximum Gasteiger partial charge on any atom is 0.340 e. The predicted molar refractivity (Wildman–Crippen MR) is 72.0 cm³/mol. The molecule has 1 aromatic heterocycles. The first-order chi connectivity index (χ1) is 8.56. The molecule has 0 fully saturated rings. The number of nitrogens with one attached hydrogen (secondary N) is 1. The summed E-state index contributed by atoms with van der Waals surface area (Å²) in [6.07, 6.45) is 3.10. The van der Waals surface area contributed by atoms with Crippen molar-refractivity contribution in [3.8, 4) is 0 Å². The summed E-state index contributed by atoms with van der Waals surface area (Å²) in [7, 11) is -0.886. The van der Waals surface area contributed by atoms with Crippen LogP contribution in [-0.4, -0.2) is 40.3 Å². The van der Waals surface area contributed by atoms with E-state index in [-0.39, 0.29) is 17.9 Å². The summed E-state index contributed by atoms with van der Waals surface area (Å²) in [5.74, 6) is 0.426. The highest BCUT2D eigenvalue weighted by atomic mass is 32.2. The van der Waals surface area contributed by atoms with E-state index in [2.05, 4.69) is 10.3 Å². The maximum atomic E-state index is 11.6. The van der Waals surface area contributed by atoms with Crippen molar-refractivity contribution in [2.24, 2.45) is 0 Å². The summed E-state index contributed by atoms with van der Waals surface area (Å²) in [6.45, 7) is 2.50. The molecular formula is C11H17N3O3S. The monoisotopic (exact) mass is 271 g/mol. The van der Waals surface area contributed by atoms with E-state index in [4.69, 9.17) is 10.5 Å². The number of nitrogens with two attached hydrogens (primary N) is 1. The van der Waals surface area contributed by atoms with Crippen LogP contribution in [0.15, 0.2) is 12.3 Å². The summed E-state index contributed by atoms with van der Waals surface area (Å²) in [4.78, 5) is 15.6. The number of hydrogen-bond acceptors (Lipinski definition) is 6. The Hall–Kier alpha value is -1.63. The predicted octanol–water partition coefficient (Wildman–Crippen LogP) is 0.631. The molecule has 1 atom stereocenters. The lowest BCUT2D eigenvalue weighted by molar-refractivity contribution is 0.0527. The molecular weight excluding hydrogens is 254 g/mol. The SMILES string of the molecule is CCOC(=O)c1ccnc(NCCS(C)=O)c1N. The van der Waals surface area contributed by atoms with E-state index in [0.29, 0.717) is 18.1 Å². The molecule has 1 unspecified atom stereocenters. The van der Waals surface area contributed by atoms with Crippen LogP contribution in [-0.2, 0) is 15.5 Å². The molecule has 1 heterocycles. The second kappa shape index (κ2) is 6.95. The van der Waals surface area contributed by atoms with Gasteiger partial charge in [0.05, 0.1) is 17.9 Å². The summed E-state index contributed by atoms with van der Waals surface area (Å²) in [6, 6.07) is 1.51. The van der Waals surface area contributed by atoms with E-state index < -0.39 is 16.8 Å². The minimum Gasteiger partial charge on any atom is -0.462 e. The normalized spacial score (nSPS) is 11.9. The Morgan fingerprint density at radius 3 is 2.94 bits per heavy atom.